The van der Waals surface area contributed by atoms with Gasteiger partial charge in [-0.05, 0) is 43.3 Å². The molecular formula is C22H22FN5. The van der Waals surface area contributed by atoms with Crippen molar-refractivity contribution in [3.05, 3.63) is 66.0 Å². The fourth-order valence-electron chi connectivity index (χ4n) is 3.25. The largest absolute Gasteiger partial charge is 0.340 e. The summed E-state index contributed by atoms with van der Waals surface area (Å²) < 4.78 is 16.2. The molecule has 0 saturated heterocycles. The lowest BCUT2D eigenvalue weighted by atomic mass is 10.0. The molecule has 0 spiro atoms. The Balaban J connectivity index is 1.91. The number of pyridine rings is 1. The van der Waals surface area contributed by atoms with Gasteiger partial charge in [-0.3, -0.25) is 9.67 Å². The Morgan fingerprint density at radius 2 is 1.89 bits per heavy atom. The van der Waals surface area contributed by atoms with Gasteiger partial charge in [-0.2, -0.15) is 5.10 Å². The van der Waals surface area contributed by atoms with Crippen molar-refractivity contribution in [1.29, 1.82) is 0 Å². The molecule has 142 valence electrons. The zero-order valence-electron chi connectivity index (χ0n) is 16.4. The van der Waals surface area contributed by atoms with Crippen molar-refractivity contribution in [3.8, 4) is 33.9 Å². The van der Waals surface area contributed by atoms with Crippen molar-refractivity contribution < 1.29 is 4.39 Å². The second-order valence-corrected chi connectivity index (χ2v) is 7.20. The third-order valence-corrected chi connectivity index (χ3v) is 4.75. The van der Waals surface area contributed by atoms with Crippen molar-refractivity contribution in [2.75, 3.05) is 0 Å². The number of aromatic nitrogens is 5. The van der Waals surface area contributed by atoms with Gasteiger partial charge in [-0.15, -0.1) is 0 Å². The number of nitrogens with zero attached hydrogens (tertiary/aromatic N) is 4. The van der Waals surface area contributed by atoms with E-state index in [1.807, 2.05) is 31.2 Å². The normalized spacial score (nSPS) is 11.4. The third kappa shape index (κ3) is 3.22. The Hall–Kier alpha value is -3.28. The maximum atomic E-state index is 14.6. The van der Waals surface area contributed by atoms with Crippen molar-refractivity contribution in [2.45, 2.75) is 26.7 Å². The molecule has 0 aliphatic heterocycles. The minimum atomic E-state index is -0.290. The van der Waals surface area contributed by atoms with E-state index in [2.05, 4.69) is 28.9 Å². The fourth-order valence-corrected chi connectivity index (χ4v) is 3.25. The van der Waals surface area contributed by atoms with Gasteiger partial charge < -0.3 is 4.98 Å². The van der Waals surface area contributed by atoms with Gasteiger partial charge in [-0.25, -0.2) is 9.37 Å². The van der Waals surface area contributed by atoms with Crippen LogP contribution in [0.25, 0.3) is 33.9 Å². The van der Waals surface area contributed by atoms with Gasteiger partial charge in [0.25, 0.3) is 0 Å². The molecule has 3 heterocycles. The van der Waals surface area contributed by atoms with Crippen LogP contribution in [0.15, 0.2) is 48.7 Å². The van der Waals surface area contributed by atoms with Crippen LogP contribution in [0.5, 0.6) is 0 Å². The zero-order chi connectivity index (χ0) is 19.8. The average Bonchev–Trinajstić information content (AvgIpc) is 3.29. The number of rotatable bonds is 4. The van der Waals surface area contributed by atoms with Crippen LogP contribution in [0.2, 0.25) is 0 Å². The Morgan fingerprint density at radius 3 is 2.57 bits per heavy atom. The summed E-state index contributed by atoms with van der Waals surface area (Å²) in [6.07, 6.45) is 1.66. The molecule has 4 rings (SSSR count). The van der Waals surface area contributed by atoms with E-state index in [1.165, 1.54) is 6.07 Å². The number of hydrogen-bond acceptors (Lipinski definition) is 3. The minimum absolute atomic E-state index is 0.231. The van der Waals surface area contributed by atoms with E-state index < -0.39 is 0 Å². The maximum absolute atomic E-state index is 14.6. The average molecular weight is 375 g/mol. The van der Waals surface area contributed by atoms with Gasteiger partial charge in [0, 0.05) is 36.0 Å². The summed E-state index contributed by atoms with van der Waals surface area (Å²) in [6.45, 7) is 6.13. The first-order valence-electron chi connectivity index (χ1n) is 9.26. The number of H-pyrrole nitrogens is 1. The van der Waals surface area contributed by atoms with Crippen LogP contribution in [0.1, 0.15) is 31.3 Å². The van der Waals surface area contributed by atoms with Crippen LogP contribution in [0.3, 0.4) is 0 Å². The van der Waals surface area contributed by atoms with Crippen LogP contribution in [-0.2, 0) is 7.05 Å². The van der Waals surface area contributed by atoms with Gasteiger partial charge in [0.1, 0.15) is 11.6 Å². The third-order valence-electron chi connectivity index (χ3n) is 4.75. The maximum Gasteiger partial charge on any atom is 0.132 e. The van der Waals surface area contributed by atoms with Gasteiger partial charge in [0.2, 0.25) is 0 Å². The number of benzene rings is 1. The standard InChI is InChI=1S/C22H22FN5/c1-13(2)22-26-20(21(27-22)18-7-5-6-14(3)25-18)15-8-9-17(23)16(12-15)19-10-11-24-28(19)4/h5-13H,1-4H3,(H,26,27). The number of aromatic amines is 1. The molecule has 1 aromatic carbocycles. The van der Waals surface area contributed by atoms with Crippen molar-refractivity contribution in [1.82, 2.24) is 24.7 Å². The molecule has 1 N–H and O–H groups in total. The first-order chi connectivity index (χ1) is 13.4. The smallest absolute Gasteiger partial charge is 0.132 e. The summed E-state index contributed by atoms with van der Waals surface area (Å²) in [6, 6.07) is 12.8. The minimum Gasteiger partial charge on any atom is -0.340 e. The molecule has 6 heteroatoms. The highest BCUT2D eigenvalue weighted by atomic mass is 19.1. The number of halogens is 1. The highest BCUT2D eigenvalue weighted by Crippen LogP contribution is 2.34. The molecule has 0 aliphatic carbocycles. The van der Waals surface area contributed by atoms with E-state index >= 15 is 0 Å². The number of nitrogens with one attached hydrogen (secondary N) is 1. The highest BCUT2D eigenvalue weighted by Gasteiger charge is 2.19. The summed E-state index contributed by atoms with van der Waals surface area (Å²) in [4.78, 5) is 12.9. The lowest BCUT2D eigenvalue weighted by molar-refractivity contribution is 0.628. The lowest BCUT2D eigenvalue weighted by Gasteiger charge is -2.08. The summed E-state index contributed by atoms with van der Waals surface area (Å²) in [5.41, 5.74) is 5.41. The molecule has 28 heavy (non-hydrogen) atoms. The quantitative estimate of drug-likeness (QED) is 0.539. The predicted octanol–water partition coefficient (Wildman–Crippen LogP) is 5.11. The highest BCUT2D eigenvalue weighted by molar-refractivity contribution is 5.79. The van der Waals surface area contributed by atoms with Gasteiger partial charge in [-0.1, -0.05) is 19.9 Å². The molecule has 3 aromatic heterocycles. The fraction of sp³-hybridized carbons (Fsp3) is 0.227. The topological polar surface area (TPSA) is 59.4 Å². The summed E-state index contributed by atoms with van der Waals surface area (Å²) in [5.74, 6) is 0.816. The van der Waals surface area contributed by atoms with Crippen LogP contribution in [0, 0.1) is 12.7 Å². The second kappa shape index (κ2) is 7.03. The van der Waals surface area contributed by atoms with Crippen LogP contribution >= 0.6 is 0 Å². The molecule has 0 aliphatic rings. The molecular weight excluding hydrogens is 353 g/mol. The monoisotopic (exact) mass is 375 g/mol. The van der Waals surface area contributed by atoms with Crippen LogP contribution in [0.4, 0.5) is 4.39 Å². The zero-order valence-corrected chi connectivity index (χ0v) is 16.4. The summed E-state index contributed by atoms with van der Waals surface area (Å²) >= 11 is 0. The predicted molar refractivity (Wildman–Crippen MR) is 108 cm³/mol. The molecule has 0 bridgehead atoms. The molecule has 0 unspecified atom stereocenters. The first kappa shape index (κ1) is 18.1. The molecule has 4 aromatic rings. The second-order valence-electron chi connectivity index (χ2n) is 7.20. The van der Waals surface area contributed by atoms with E-state index in [-0.39, 0.29) is 11.7 Å². The van der Waals surface area contributed by atoms with E-state index in [0.717, 1.165) is 34.2 Å². The Kier molecular flexibility index (Phi) is 4.55. The number of imidazole rings is 1. The van der Waals surface area contributed by atoms with E-state index in [9.17, 15) is 4.39 Å². The Labute approximate surface area is 163 Å². The van der Waals surface area contributed by atoms with Gasteiger partial charge in [0.15, 0.2) is 0 Å². The molecule has 0 saturated carbocycles. The molecule has 0 radical (unpaired) electrons. The van der Waals surface area contributed by atoms with Crippen LogP contribution in [-0.4, -0.2) is 24.7 Å². The van der Waals surface area contributed by atoms with Crippen molar-refractivity contribution in [3.63, 3.8) is 0 Å². The van der Waals surface area contributed by atoms with E-state index in [4.69, 9.17) is 4.98 Å². The van der Waals surface area contributed by atoms with Crippen LogP contribution < -0.4 is 0 Å². The SMILES string of the molecule is Cc1cccc(-c2[nH]c(C(C)C)nc2-c2ccc(F)c(-c3ccnn3C)c2)n1. The molecule has 0 fully saturated rings. The molecule has 0 atom stereocenters. The Bertz CT molecular complexity index is 1140. The Morgan fingerprint density at radius 1 is 1.07 bits per heavy atom. The van der Waals surface area contributed by atoms with Gasteiger partial charge in [0.05, 0.1) is 22.8 Å². The molecule has 5 nitrogen and oxygen atoms in total. The van der Waals surface area contributed by atoms with Crippen molar-refractivity contribution in [2.24, 2.45) is 7.05 Å². The number of hydrogen-bond donors (Lipinski definition) is 1. The van der Waals surface area contributed by atoms with Gasteiger partial charge >= 0.3 is 0 Å². The first-order valence-corrected chi connectivity index (χ1v) is 9.26. The van der Waals surface area contributed by atoms with E-state index in [1.54, 1.807) is 30.1 Å². The lowest BCUT2D eigenvalue weighted by Crippen LogP contribution is -1.96. The molecule has 0 amide bonds. The summed E-state index contributed by atoms with van der Waals surface area (Å²) in [7, 11) is 1.80. The van der Waals surface area contributed by atoms with Crippen molar-refractivity contribution >= 4 is 0 Å². The van der Waals surface area contributed by atoms with E-state index in [0.29, 0.717) is 11.3 Å². The summed E-state index contributed by atoms with van der Waals surface area (Å²) in [5, 5.41) is 4.16. The number of aryl methyl sites for hydroxylation is 2.